The van der Waals surface area contributed by atoms with Gasteiger partial charge < -0.3 is 5.73 Å². The van der Waals surface area contributed by atoms with E-state index < -0.39 is 0 Å². The zero-order valence-electron chi connectivity index (χ0n) is 10.8. The highest BCUT2D eigenvalue weighted by molar-refractivity contribution is 5.83. The summed E-state index contributed by atoms with van der Waals surface area (Å²) in [5.41, 5.74) is 8.56. The summed E-state index contributed by atoms with van der Waals surface area (Å²) in [4.78, 5) is 4.39. The molecular formula is C15H20N2. The number of nitrogens with two attached hydrogens (primary N) is 1. The summed E-state index contributed by atoms with van der Waals surface area (Å²) in [7, 11) is 0. The third kappa shape index (κ3) is 1.93. The fourth-order valence-corrected chi connectivity index (χ4v) is 2.42. The number of nitrogens with zero attached hydrogens (tertiary/aromatic N) is 1. The molecular weight excluding hydrogens is 208 g/mol. The van der Waals surface area contributed by atoms with Crippen molar-refractivity contribution in [3.8, 4) is 0 Å². The molecule has 1 aromatic carbocycles. The molecule has 0 spiro atoms. The van der Waals surface area contributed by atoms with Gasteiger partial charge >= 0.3 is 0 Å². The van der Waals surface area contributed by atoms with Crippen LogP contribution in [0.1, 0.15) is 32.8 Å². The van der Waals surface area contributed by atoms with Crippen LogP contribution < -0.4 is 5.73 Å². The molecule has 0 fully saturated rings. The van der Waals surface area contributed by atoms with Gasteiger partial charge in [0, 0.05) is 17.1 Å². The molecule has 2 heteroatoms. The molecule has 2 aromatic rings. The van der Waals surface area contributed by atoms with E-state index >= 15 is 0 Å². The Morgan fingerprint density at radius 1 is 1.24 bits per heavy atom. The molecule has 0 radical (unpaired) electrons. The van der Waals surface area contributed by atoms with E-state index in [1.54, 1.807) is 0 Å². The fraction of sp³-hybridized carbons (Fsp3) is 0.400. The minimum Gasteiger partial charge on any atom is -0.321 e. The van der Waals surface area contributed by atoms with E-state index in [4.69, 9.17) is 5.73 Å². The highest BCUT2D eigenvalue weighted by Gasteiger charge is 2.30. The summed E-state index contributed by atoms with van der Waals surface area (Å²) in [6, 6.07) is 10.3. The predicted octanol–water partition coefficient (Wildman–Crippen LogP) is 3.45. The molecule has 1 atom stereocenters. The summed E-state index contributed by atoms with van der Waals surface area (Å²) < 4.78 is 0. The monoisotopic (exact) mass is 228 g/mol. The van der Waals surface area contributed by atoms with Gasteiger partial charge in [0.1, 0.15) is 0 Å². The van der Waals surface area contributed by atoms with Crippen LogP contribution in [0.25, 0.3) is 10.9 Å². The number of pyridine rings is 1. The van der Waals surface area contributed by atoms with Crippen molar-refractivity contribution in [2.75, 3.05) is 0 Å². The van der Waals surface area contributed by atoms with Gasteiger partial charge in [-0.05, 0) is 30.0 Å². The van der Waals surface area contributed by atoms with Crippen LogP contribution >= 0.6 is 0 Å². The Kier molecular flexibility index (Phi) is 3.16. The largest absolute Gasteiger partial charge is 0.321 e. The molecule has 17 heavy (non-hydrogen) atoms. The lowest BCUT2D eigenvalue weighted by Crippen LogP contribution is -2.41. The van der Waals surface area contributed by atoms with Crippen molar-refractivity contribution in [2.45, 2.75) is 32.7 Å². The lowest BCUT2D eigenvalue weighted by atomic mass is 9.77. The number of hydrogen-bond donors (Lipinski definition) is 1. The van der Waals surface area contributed by atoms with Crippen LogP contribution in [-0.2, 0) is 5.54 Å². The molecule has 2 N–H and O–H groups in total. The van der Waals surface area contributed by atoms with E-state index in [0.717, 1.165) is 11.9 Å². The Morgan fingerprint density at radius 2 is 2.00 bits per heavy atom. The summed E-state index contributed by atoms with van der Waals surface area (Å²) in [5, 5.41) is 1.17. The molecule has 0 aliphatic carbocycles. The van der Waals surface area contributed by atoms with Crippen LogP contribution in [0, 0.1) is 5.92 Å². The van der Waals surface area contributed by atoms with Gasteiger partial charge in [-0.3, -0.25) is 4.98 Å². The molecule has 0 saturated carbocycles. The smallest absolute Gasteiger partial charge is 0.0705 e. The van der Waals surface area contributed by atoms with Gasteiger partial charge in [-0.1, -0.05) is 39.0 Å². The first-order valence-corrected chi connectivity index (χ1v) is 6.22. The molecule has 1 heterocycles. The van der Waals surface area contributed by atoms with Crippen LogP contribution in [-0.4, -0.2) is 4.98 Å². The van der Waals surface area contributed by atoms with Crippen molar-refractivity contribution in [1.82, 2.24) is 4.98 Å². The van der Waals surface area contributed by atoms with Crippen molar-refractivity contribution < 1.29 is 0 Å². The lowest BCUT2D eigenvalue weighted by molar-refractivity contribution is 0.308. The lowest BCUT2D eigenvalue weighted by Gasteiger charge is -2.34. The normalized spacial score (nSPS) is 15.1. The van der Waals surface area contributed by atoms with Gasteiger partial charge in [-0.2, -0.15) is 0 Å². The second-order valence-corrected chi connectivity index (χ2v) is 4.92. The molecule has 2 rings (SSSR count). The minimum absolute atomic E-state index is 0.275. The maximum absolute atomic E-state index is 6.60. The molecule has 2 nitrogen and oxygen atoms in total. The number of benzene rings is 1. The first-order chi connectivity index (χ1) is 8.09. The van der Waals surface area contributed by atoms with Gasteiger partial charge in [0.25, 0.3) is 0 Å². The molecule has 1 unspecified atom stereocenters. The van der Waals surface area contributed by atoms with Crippen LogP contribution in [0.3, 0.4) is 0 Å². The Balaban J connectivity index is 2.70. The average Bonchev–Trinajstić information content (AvgIpc) is 2.37. The maximum atomic E-state index is 6.60. The van der Waals surface area contributed by atoms with Crippen molar-refractivity contribution in [3.05, 3.63) is 42.1 Å². The van der Waals surface area contributed by atoms with Gasteiger partial charge in [0.05, 0.1) is 5.52 Å². The van der Waals surface area contributed by atoms with Gasteiger partial charge in [0.2, 0.25) is 0 Å². The minimum atomic E-state index is -0.275. The van der Waals surface area contributed by atoms with E-state index in [2.05, 4.69) is 37.9 Å². The Morgan fingerprint density at radius 3 is 2.65 bits per heavy atom. The number of hydrogen-bond acceptors (Lipinski definition) is 2. The molecule has 90 valence electrons. The second-order valence-electron chi connectivity index (χ2n) is 4.92. The Hall–Kier alpha value is -1.41. The second kappa shape index (κ2) is 4.46. The maximum Gasteiger partial charge on any atom is 0.0705 e. The third-order valence-corrected chi connectivity index (χ3v) is 3.76. The molecule has 0 aliphatic rings. The summed E-state index contributed by atoms with van der Waals surface area (Å²) in [6.45, 7) is 6.51. The van der Waals surface area contributed by atoms with E-state index in [0.29, 0.717) is 5.92 Å². The predicted molar refractivity (Wildman–Crippen MR) is 72.7 cm³/mol. The van der Waals surface area contributed by atoms with Gasteiger partial charge in [0.15, 0.2) is 0 Å². The SMILES string of the molecule is CCC(N)(c1cccc2ncccc12)C(C)C. The van der Waals surface area contributed by atoms with Gasteiger partial charge in [-0.15, -0.1) is 0 Å². The van der Waals surface area contributed by atoms with Crippen molar-refractivity contribution >= 4 is 10.9 Å². The van der Waals surface area contributed by atoms with E-state index in [1.165, 1.54) is 10.9 Å². The fourth-order valence-electron chi connectivity index (χ4n) is 2.42. The number of rotatable bonds is 3. The van der Waals surface area contributed by atoms with Crippen LogP contribution in [0.4, 0.5) is 0 Å². The first kappa shape index (κ1) is 12.1. The van der Waals surface area contributed by atoms with Crippen LogP contribution in [0.5, 0.6) is 0 Å². The third-order valence-electron chi connectivity index (χ3n) is 3.76. The molecule has 1 aromatic heterocycles. The number of aromatic nitrogens is 1. The average molecular weight is 228 g/mol. The highest BCUT2D eigenvalue weighted by Crippen LogP contribution is 2.34. The molecule has 0 aliphatic heterocycles. The standard InChI is InChI=1S/C15H20N2/c1-4-15(16,11(2)3)13-8-5-9-14-12(13)7-6-10-17-14/h5-11H,4,16H2,1-3H3. The quantitative estimate of drug-likeness (QED) is 0.873. The topological polar surface area (TPSA) is 38.9 Å². The molecule has 0 saturated heterocycles. The van der Waals surface area contributed by atoms with Crippen molar-refractivity contribution in [3.63, 3.8) is 0 Å². The summed E-state index contributed by atoms with van der Waals surface area (Å²) in [6.07, 6.45) is 2.75. The highest BCUT2D eigenvalue weighted by atomic mass is 14.8. The van der Waals surface area contributed by atoms with Crippen LogP contribution in [0.15, 0.2) is 36.5 Å². The summed E-state index contributed by atoms with van der Waals surface area (Å²) >= 11 is 0. The van der Waals surface area contributed by atoms with Crippen molar-refractivity contribution in [1.29, 1.82) is 0 Å². The van der Waals surface area contributed by atoms with E-state index in [-0.39, 0.29) is 5.54 Å². The van der Waals surface area contributed by atoms with Crippen LogP contribution in [0.2, 0.25) is 0 Å². The Bertz CT molecular complexity index is 514. The summed E-state index contributed by atoms with van der Waals surface area (Å²) in [5.74, 6) is 0.401. The Labute approximate surface area is 103 Å². The van der Waals surface area contributed by atoms with Gasteiger partial charge in [-0.25, -0.2) is 0 Å². The van der Waals surface area contributed by atoms with Crippen molar-refractivity contribution in [2.24, 2.45) is 11.7 Å². The van der Waals surface area contributed by atoms with E-state index in [9.17, 15) is 0 Å². The molecule has 0 bridgehead atoms. The zero-order chi connectivity index (χ0) is 12.5. The number of fused-ring (bicyclic) bond motifs is 1. The zero-order valence-corrected chi connectivity index (χ0v) is 10.8. The first-order valence-electron chi connectivity index (χ1n) is 6.22. The van der Waals surface area contributed by atoms with E-state index in [1.807, 2.05) is 24.4 Å². The molecule has 0 amide bonds.